The van der Waals surface area contributed by atoms with Gasteiger partial charge in [-0.05, 0) is 51.2 Å². The van der Waals surface area contributed by atoms with Crippen molar-refractivity contribution in [1.82, 2.24) is 19.6 Å². The van der Waals surface area contributed by atoms with Crippen LogP contribution in [0.5, 0.6) is 11.5 Å². The van der Waals surface area contributed by atoms with Gasteiger partial charge in [0.15, 0.2) is 0 Å². The van der Waals surface area contributed by atoms with Crippen LogP contribution in [0.3, 0.4) is 0 Å². The Morgan fingerprint density at radius 3 is 2.56 bits per heavy atom. The molecule has 2 aromatic carbocycles. The quantitative estimate of drug-likeness (QED) is 0.592. The average molecular weight is 435 g/mol. The molecule has 0 saturated carbocycles. The van der Waals surface area contributed by atoms with E-state index in [1.807, 2.05) is 59.6 Å². The smallest absolute Gasteiger partial charge is 0.257 e. The number of benzene rings is 2. The van der Waals surface area contributed by atoms with E-state index in [1.165, 1.54) is 0 Å². The van der Waals surface area contributed by atoms with E-state index in [-0.39, 0.29) is 5.91 Å². The molecule has 1 atom stereocenters. The minimum absolute atomic E-state index is 0.00778. The number of aromatic nitrogens is 2. The van der Waals surface area contributed by atoms with Crippen LogP contribution < -0.4 is 9.47 Å². The van der Waals surface area contributed by atoms with Crippen molar-refractivity contribution in [2.75, 3.05) is 41.4 Å². The number of methoxy groups -OCH3 is 2. The van der Waals surface area contributed by atoms with Crippen LogP contribution in [0.1, 0.15) is 23.2 Å². The molecule has 1 amide bonds. The van der Waals surface area contributed by atoms with Gasteiger partial charge in [0.25, 0.3) is 5.91 Å². The molecule has 32 heavy (non-hydrogen) atoms. The van der Waals surface area contributed by atoms with Gasteiger partial charge in [0.05, 0.1) is 25.5 Å². The van der Waals surface area contributed by atoms with Crippen LogP contribution in [0.2, 0.25) is 0 Å². The van der Waals surface area contributed by atoms with Crippen LogP contribution in [0, 0.1) is 0 Å². The number of carbonyl (C=O) groups excluding carboxylic acids is 1. The number of carbonyl (C=O) groups is 1. The molecule has 1 aliphatic rings. The maximum Gasteiger partial charge on any atom is 0.257 e. The predicted octanol–water partition coefficient (Wildman–Crippen LogP) is 3.72. The highest BCUT2D eigenvalue weighted by atomic mass is 16.5. The van der Waals surface area contributed by atoms with Crippen molar-refractivity contribution in [1.29, 1.82) is 0 Å². The van der Waals surface area contributed by atoms with Crippen LogP contribution in [0.4, 0.5) is 0 Å². The number of nitrogens with zero attached hydrogens (tertiary/aromatic N) is 4. The zero-order valence-electron chi connectivity index (χ0n) is 19.1. The summed E-state index contributed by atoms with van der Waals surface area (Å²) in [5.74, 6) is 1.29. The lowest BCUT2D eigenvalue weighted by Crippen LogP contribution is -2.47. The monoisotopic (exact) mass is 434 g/mol. The Balaban J connectivity index is 1.79. The van der Waals surface area contributed by atoms with Gasteiger partial charge in [0.2, 0.25) is 0 Å². The SMILES string of the molecule is COc1ccc(-c2nn(-c3ccccc3)cc2C(=O)N2CCCC(N(C)C)C2)c(OC)c1. The van der Waals surface area contributed by atoms with Crippen molar-refractivity contribution >= 4 is 5.91 Å². The first-order chi connectivity index (χ1) is 15.5. The van der Waals surface area contributed by atoms with Gasteiger partial charge in [0, 0.05) is 37.0 Å². The molecule has 0 radical (unpaired) electrons. The van der Waals surface area contributed by atoms with E-state index in [9.17, 15) is 4.79 Å². The predicted molar refractivity (Wildman–Crippen MR) is 125 cm³/mol. The Morgan fingerprint density at radius 1 is 1.09 bits per heavy atom. The molecule has 0 N–H and O–H groups in total. The lowest BCUT2D eigenvalue weighted by Gasteiger charge is -2.36. The van der Waals surface area contributed by atoms with Crippen LogP contribution in [0.15, 0.2) is 54.7 Å². The highest BCUT2D eigenvalue weighted by Gasteiger charge is 2.29. The third-order valence-electron chi connectivity index (χ3n) is 6.04. The van der Waals surface area contributed by atoms with E-state index in [1.54, 1.807) is 18.9 Å². The highest BCUT2D eigenvalue weighted by Crippen LogP contribution is 2.35. The molecule has 1 fully saturated rings. The zero-order chi connectivity index (χ0) is 22.7. The van der Waals surface area contributed by atoms with Gasteiger partial charge in [-0.25, -0.2) is 4.68 Å². The summed E-state index contributed by atoms with van der Waals surface area (Å²) in [5, 5.41) is 4.82. The third-order valence-corrected chi connectivity index (χ3v) is 6.04. The largest absolute Gasteiger partial charge is 0.497 e. The van der Waals surface area contributed by atoms with Crippen molar-refractivity contribution in [3.8, 4) is 28.4 Å². The second kappa shape index (κ2) is 9.44. The van der Waals surface area contributed by atoms with Crippen molar-refractivity contribution in [3.05, 3.63) is 60.3 Å². The van der Waals surface area contributed by atoms with Gasteiger partial charge in [0.1, 0.15) is 17.2 Å². The minimum Gasteiger partial charge on any atom is -0.497 e. The lowest BCUT2D eigenvalue weighted by atomic mass is 10.0. The van der Waals surface area contributed by atoms with Crippen LogP contribution >= 0.6 is 0 Å². The number of hydrogen-bond donors (Lipinski definition) is 0. The number of amides is 1. The Kier molecular flexibility index (Phi) is 6.46. The van der Waals surface area contributed by atoms with E-state index in [2.05, 4.69) is 19.0 Å². The molecule has 0 bridgehead atoms. The second-order valence-electron chi connectivity index (χ2n) is 8.25. The van der Waals surface area contributed by atoms with E-state index in [4.69, 9.17) is 14.6 Å². The number of likely N-dealkylation sites (tertiary alicyclic amines) is 1. The number of piperidine rings is 1. The van der Waals surface area contributed by atoms with Crippen LogP contribution in [-0.4, -0.2) is 72.9 Å². The highest BCUT2D eigenvalue weighted by molar-refractivity contribution is 6.00. The summed E-state index contributed by atoms with van der Waals surface area (Å²) < 4.78 is 12.7. The molecule has 1 aromatic heterocycles. The Bertz CT molecular complexity index is 1080. The van der Waals surface area contributed by atoms with E-state index < -0.39 is 0 Å². The molecule has 0 aliphatic carbocycles. The fourth-order valence-electron chi connectivity index (χ4n) is 4.17. The van der Waals surface area contributed by atoms with E-state index >= 15 is 0 Å². The molecular formula is C25H30N4O3. The van der Waals surface area contributed by atoms with Gasteiger partial charge >= 0.3 is 0 Å². The molecule has 3 aromatic rings. The van der Waals surface area contributed by atoms with Gasteiger partial charge in [-0.3, -0.25) is 4.79 Å². The summed E-state index contributed by atoms with van der Waals surface area (Å²) in [6, 6.07) is 15.7. The number of ether oxygens (including phenoxy) is 2. The summed E-state index contributed by atoms with van der Waals surface area (Å²) >= 11 is 0. The zero-order valence-corrected chi connectivity index (χ0v) is 19.1. The van der Waals surface area contributed by atoms with Crippen molar-refractivity contribution in [2.45, 2.75) is 18.9 Å². The van der Waals surface area contributed by atoms with E-state index in [0.717, 1.165) is 30.6 Å². The van der Waals surface area contributed by atoms with Crippen molar-refractivity contribution in [2.24, 2.45) is 0 Å². The molecule has 168 valence electrons. The second-order valence-corrected chi connectivity index (χ2v) is 8.25. The molecule has 4 rings (SSSR count). The third kappa shape index (κ3) is 4.34. The lowest BCUT2D eigenvalue weighted by molar-refractivity contribution is 0.0636. The summed E-state index contributed by atoms with van der Waals surface area (Å²) in [7, 11) is 7.37. The molecule has 2 heterocycles. The maximum absolute atomic E-state index is 13.7. The standard InChI is InChI=1S/C25H30N4O3/c1-27(2)19-11-8-14-28(16-19)25(30)22-17-29(18-9-6-5-7-10-18)26-24(22)21-13-12-20(31-3)15-23(21)32-4/h5-7,9-10,12-13,15,17,19H,8,11,14,16H2,1-4H3. The summed E-state index contributed by atoms with van der Waals surface area (Å²) in [5.41, 5.74) is 2.82. The van der Waals surface area contributed by atoms with Crippen molar-refractivity contribution in [3.63, 3.8) is 0 Å². The van der Waals surface area contributed by atoms with Crippen LogP contribution in [0.25, 0.3) is 16.9 Å². The Hall–Kier alpha value is -3.32. The Morgan fingerprint density at radius 2 is 1.88 bits per heavy atom. The van der Waals surface area contributed by atoms with Gasteiger partial charge < -0.3 is 19.3 Å². The number of para-hydroxylation sites is 1. The minimum atomic E-state index is -0.00778. The van der Waals surface area contributed by atoms with Crippen LogP contribution in [-0.2, 0) is 0 Å². The Labute approximate surface area is 189 Å². The summed E-state index contributed by atoms with van der Waals surface area (Å²) in [6.07, 6.45) is 3.91. The molecule has 1 saturated heterocycles. The molecule has 7 heteroatoms. The first-order valence-corrected chi connectivity index (χ1v) is 10.8. The fraction of sp³-hybridized carbons (Fsp3) is 0.360. The van der Waals surface area contributed by atoms with Gasteiger partial charge in [-0.1, -0.05) is 18.2 Å². The topological polar surface area (TPSA) is 59.8 Å². The number of likely N-dealkylation sites (N-methyl/N-ethyl adjacent to an activating group) is 1. The first kappa shape index (κ1) is 21.9. The number of hydrogen-bond acceptors (Lipinski definition) is 5. The summed E-state index contributed by atoms with van der Waals surface area (Å²) in [6.45, 7) is 1.46. The molecule has 1 unspecified atom stereocenters. The van der Waals surface area contributed by atoms with E-state index in [0.29, 0.717) is 35.3 Å². The molecule has 7 nitrogen and oxygen atoms in total. The first-order valence-electron chi connectivity index (χ1n) is 10.8. The summed E-state index contributed by atoms with van der Waals surface area (Å²) in [4.78, 5) is 17.9. The normalized spacial score (nSPS) is 16.3. The number of rotatable bonds is 6. The van der Waals surface area contributed by atoms with Gasteiger partial charge in [-0.2, -0.15) is 5.10 Å². The average Bonchev–Trinajstić information content (AvgIpc) is 3.29. The molecular weight excluding hydrogens is 404 g/mol. The fourth-order valence-corrected chi connectivity index (χ4v) is 4.17. The molecule has 1 aliphatic heterocycles. The molecule has 0 spiro atoms. The van der Waals surface area contributed by atoms with Gasteiger partial charge in [-0.15, -0.1) is 0 Å². The maximum atomic E-state index is 13.7. The van der Waals surface area contributed by atoms with Crippen molar-refractivity contribution < 1.29 is 14.3 Å².